The molecular weight excluding hydrogens is 490 g/mol. The van der Waals surface area contributed by atoms with E-state index in [9.17, 15) is 9.59 Å². The first-order valence-corrected chi connectivity index (χ1v) is 12.6. The van der Waals surface area contributed by atoms with Gasteiger partial charge in [0.2, 0.25) is 0 Å². The fraction of sp³-hybridized carbons (Fsp3) is 0.267. The van der Waals surface area contributed by atoms with Crippen molar-refractivity contribution in [3.05, 3.63) is 99.4 Å². The third-order valence-electron chi connectivity index (χ3n) is 6.28. The monoisotopic (exact) mass is 519 g/mol. The fourth-order valence-corrected chi connectivity index (χ4v) is 4.81. The van der Waals surface area contributed by atoms with E-state index in [0.29, 0.717) is 38.9 Å². The van der Waals surface area contributed by atoms with Gasteiger partial charge in [-0.25, -0.2) is 9.59 Å². The van der Waals surface area contributed by atoms with E-state index in [2.05, 4.69) is 5.32 Å². The van der Waals surface area contributed by atoms with Gasteiger partial charge in [0.05, 0.1) is 30.3 Å². The van der Waals surface area contributed by atoms with Gasteiger partial charge in [0.25, 0.3) is 0 Å². The summed E-state index contributed by atoms with van der Waals surface area (Å²) in [5.74, 6) is -1.19. The minimum absolute atomic E-state index is 0.204. The van der Waals surface area contributed by atoms with Gasteiger partial charge in [0, 0.05) is 22.0 Å². The molecule has 0 atom stereocenters. The first-order chi connectivity index (χ1) is 17.8. The quantitative estimate of drug-likeness (QED) is 0.345. The molecule has 7 heteroatoms. The van der Waals surface area contributed by atoms with Gasteiger partial charge in [0.1, 0.15) is 12.4 Å². The first kappa shape index (κ1) is 26.3. The number of allylic oxidation sites excluding steroid dienone is 2. The Kier molecular flexibility index (Phi) is 8.19. The van der Waals surface area contributed by atoms with Crippen LogP contribution in [0.25, 0.3) is 10.8 Å². The Morgan fingerprint density at radius 2 is 1.43 bits per heavy atom. The van der Waals surface area contributed by atoms with Crippen molar-refractivity contribution in [1.29, 1.82) is 0 Å². The van der Waals surface area contributed by atoms with Crippen LogP contribution in [-0.2, 0) is 25.7 Å². The number of dihydropyridines is 1. The van der Waals surface area contributed by atoms with Crippen molar-refractivity contribution >= 4 is 34.3 Å². The molecular formula is C30H30ClNO5. The van der Waals surface area contributed by atoms with E-state index in [1.807, 2.05) is 74.5 Å². The molecule has 1 aliphatic heterocycles. The molecule has 0 unspecified atom stereocenters. The summed E-state index contributed by atoms with van der Waals surface area (Å²) in [7, 11) is 0. The molecule has 6 nitrogen and oxygen atoms in total. The Bertz CT molecular complexity index is 1350. The zero-order valence-electron chi connectivity index (χ0n) is 21.4. The summed E-state index contributed by atoms with van der Waals surface area (Å²) in [5, 5.41) is 5.66. The molecule has 0 spiro atoms. The lowest BCUT2D eigenvalue weighted by Gasteiger charge is -2.32. The van der Waals surface area contributed by atoms with Gasteiger partial charge in [0.15, 0.2) is 0 Å². The van der Waals surface area contributed by atoms with Crippen molar-refractivity contribution in [2.24, 2.45) is 0 Å². The molecule has 0 radical (unpaired) electrons. The normalized spacial score (nSPS) is 14.0. The van der Waals surface area contributed by atoms with Crippen molar-refractivity contribution in [3.63, 3.8) is 0 Å². The second-order valence-corrected chi connectivity index (χ2v) is 9.13. The largest absolute Gasteiger partial charge is 0.489 e. The molecule has 1 heterocycles. The van der Waals surface area contributed by atoms with Crippen LogP contribution in [0.1, 0.15) is 44.7 Å². The molecule has 0 fully saturated rings. The number of hydrogen-bond acceptors (Lipinski definition) is 6. The number of ether oxygens (including phenoxy) is 3. The lowest BCUT2D eigenvalue weighted by Crippen LogP contribution is -2.33. The number of benzene rings is 3. The predicted octanol–water partition coefficient (Wildman–Crippen LogP) is 6.43. The van der Waals surface area contributed by atoms with Crippen LogP contribution >= 0.6 is 11.6 Å². The SMILES string of the molecule is CCOC(=O)C1=C(C)NC(C)=C(C(=O)OCC)C1c1c(OCc2ccc(Cl)cc2)ccc2ccccc12. The number of hydrogen-bond donors (Lipinski definition) is 1. The van der Waals surface area contributed by atoms with Crippen LogP contribution < -0.4 is 10.1 Å². The lowest BCUT2D eigenvalue weighted by molar-refractivity contribution is -0.139. The molecule has 0 saturated heterocycles. The van der Waals surface area contributed by atoms with E-state index >= 15 is 0 Å². The Hall–Kier alpha value is -3.77. The van der Waals surface area contributed by atoms with Crippen LogP contribution in [0.2, 0.25) is 5.02 Å². The minimum atomic E-state index is -0.759. The van der Waals surface area contributed by atoms with E-state index < -0.39 is 17.9 Å². The zero-order chi connectivity index (χ0) is 26.5. The van der Waals surface area contributed by atoms with Crippen LogP contribution in [0.4, 0.5) is 0 Å². The summed E-state index contributed by atoms with van der Waals surface area (Å²) in [6, 6.07) is 19.1. The van der Waals surface area contributed by atoms with Gasteiger partial charge in [-0.2, -0.15) is 0 Å². The average Bonchev–Trinajstić information content (AvgIpc) is 2.87. The molecule has 0 amide bonds. The van der Waals surface area contributed by atoms with Crippen molar-refractivity contribution in [2.45, 2.75) is 40.2 Å². The fourth-order valence-electron chi connectivity index (χ4n) is 4.68. The van der Waals surface area contributed by atoms with Gasteiger partial charge < -0.3 is 19.5 Å². The summed E-state index contributed by atoms with van der Waals surface area (Å²) < 4.78 is 17.3. The van der Waals surface area contributed by atoms with Crippen LogP contribution in [0.15, 0.2) is 83.2 Å². The third kappa shape index (κ3) is 5.49. The topological polar surface area (TPSA) is 73.9 Å². The molecule has 37 heavy (non-hydrogen) atoms. The smallest absolute Gasteiger partial charge is 0.336 e. The second kappa shape index (κ2) is 11.5. The van der Waals surface area contributed by atoms with Crippen LogP contribution in [-0.4, -0.2) is 25.2 Å². The van der Waals surface area contributed by atoms with Crippen molar-refractivity contribution in [1.82, 2.24) is 5.32 Å². The molecule has 1 N–H and O–H groups in total. The summed E-state index contributed by atoms with van der Waals surface area (Å²) in [6.45, 7) is 7.82. The molecule has 1 aliphatic rings. The molecule has 3 aromatic rings. The molecule has 3 aromatic carbocycles. The zero-order valence-corrected chi connectivity index (χ0v) is 22.1. The number of halogens is 1. The Labute approximate surface area is 221 Å². The standard InChI is InChI=1S/C30H30ClNO5/c1-5-35-29(33)25-18(3)32-19(4)26(30(34)36-6-2)28(25)27-23-10-8-7-9-21(23)13-16-24(27)37-17-20-11-14-22(31)15-12-20/h7-16,28,32H,5-6,17H2,1-4H3. The van der Waals surface area contributed by atoms with E-state index in [0.717, 1.165) is 16.3 Å². The minimum Gasteiger partial charge on any atom is -0.489 e. The van der Waals surface area contributed by atoms with Gasteiger partial charge in [-0.05, 0) is 62.2 Å². The Morgan fingerprint density at radius 3 is 2.03 bits per heavy atom. The number of fused-ring (bicyclic) bond motifs is 1. The highest BCUT2D eigenvalue weighted by Crippen LogP contribution is 2.46. The maximum atomic E-state index is 13.3. The lowest BCUT2D eigenvalue weighted by atomic mass is 9.78. The van der Waals surface area contributed by atoms with E-state index in [1.165, 1.54) is 0 Å². The van der Waals surface area contributed by atoms with Gasteiger partial charge in [-0.1, -0.05) is 54.1 Å². The highest BCUT2D eigenvalue weighted by molar-refractivity contribution is 6.30. The summed E-state index contributed by atoms with van der Waals surface area (Å²) in [5.41, 5.74) is 3.57. The number of carbonyl (C=O) groups is 2. The average molecular weight is 520 g/mol. The summed E-state index contributed by atoms with van der Waals surface area (Å²) in [6.07, 6.45) is 0. The van der Waals surface area contributed by atoms with Crippen molar-refractivity contribution in [3.8, 4) is 5.75 Å². The predicted molar refractivity (Wildman–Crippen MR) is 144 cm³/mol. The van der Waals surface area contributed by atoms with Crippen LogP contribution in [0, 0.1) is 0 Å². The van der Waals surface area contributed by atoms with Crippen LogP contribution in [0.3, 0.4) is 0 Å². The molecule has 0 bridgehead atoms. The highest BCUT2D eigenvalue weighted by Gasteiger charge is 2.40. The molecule has 0 aliphatic carbocycles. The highest BCUT2D eigenvalue weighted by atomic mass is 35.5. The number of nitrogens with one attached hydrogen (secondary N) is 1. The van der Waals surface area contributed by atoms with Gasteiger partial charge in [-0.15, -0.1) is 0 Å². The van der Waals surface area contributed by atoms with Crippen molar-refractivity contribution < 1.29 is 23.8 Å². The Morgan fingerprint density at radius 1 is 0.838 bits per heavy atom. The number of esters is 2. The van der Waals surface area contributed by atoms with E-state index in [1.54, 1.807) is 13.8 Å². The molecule has 192 valence electrons. The Balaban J connectivity index is 1.94. The van der Waals surface area contributed by atoms with Crippen LogP contribution in [0.5, 0.6) is 5.75 Å². The molecule has 0 saturated carbocycles. The maximum Gasteiger partial charge on any atom is 0.336 e. The number of rotatable bonds is 8. The van der Waals surface area contributed by atoms with E-state index in [-0.39, 0.29) is 19.8 Å². The number of carbonyl (C=O) groups excluding carboxylic acids is 2. The molecule has 0 aromatic heterocycles. The summed E-state index contributed by atoms with van der Waals surface area (Å²) >= 11 is 6.05. The maximum absolute atomic E-state index is 13.3. The van der Waals surface area contributed by atoms with Crippen molar-refractivity contribution in [2.75, 3.05) is 13.2 Å². The van der Waals surface area contributed by atoms with Gasteiger partial charge in [-0.3, -0.25) is 0 Å². The van der Waals surface area contributed by atoms with E-state index in [4.69, 9.17) is 25.8 Å². The third-order valence-corrected chi connectivity index (χ3v) is 6.53. The second-order valence-electron chi connectivity index (χ2n) is 8.69. The van der Waals surface area contributed by atoms with Gasteiger partial charge >= 0.3 is 11.9 Å². The first-order valence-electron chi connectivity index (χ1n) is 12.3. The molecule has 4 rings (SSSR count). The summed E-state index contributed by atoms with van der Waals surface area (Å²) in [4.78, 5) is 26.7.